The average molecular weight is 301 g/mol. The van der Waals surface area contributed by atoms with Crippen molar-refractivity contribution < 1.29 is 19.4 Å². The topological polar surface area (TPSA) is 68.5 Å². The van der Waals surface area contributed by atoms with Crippen LogP contribution in [0.5, 0.6) is 5.75 Å². The number of carboxylic acids is 1. The van der Waals surface area contributed by atoms with Gasteiger partial charge in [0.25, 0.3) is 0 Å². The van der Waals surface area contributed by atoms with Crippen molar-refractivity contribution in [2.24, 2.45) is 0 Å². The molecule has 0 saturated carbocycles. The van der Waals surface area contributed by atoms with Crippen molar-refractivity contribution in [3.63, 3.8) is 0 Å². The van der Waals surface area contributed by atoms with Crippen molar-refractivity contribution in [3.8, 4) is 5.75 Å². The zero-order valence-electron chi connectivity index (χ0n) is 12.7. The number of benzene rings is 1. The largest absolute Gasteiger partial charge is 0.489 e. The van der Waals surface area contributed by atoms with Crippen molar-refractivity contribution in [2.45, 2.75) is 33.4 Å². The van der Waals surface area contributed by atoms with E-state index in [0.29, 0.717) is 29.8 Å². The maximum absolute atomic E-state index is 11.5. The third kappa shape index (κ3) is 3.36. The highest BCUT2D eigenvalue weighted by atomic mass is 16.5. The minimum Gasteiger partial charge on any atom is -0.489 e. The molecule has 1 heterocycles. The van der Waals surface area contributed by atoms with Crippen molar-refractivity contribution in [1.82, 2.24) is 4.57 Å². The van der Waals surface area contributed by atoms with Crippen molar-refractivity contribution >= 4 is 12.3 Å². The van der Waals surface area contributed by atoms with Gasteiger partial charge in [-0.05, 0) is 37.1 Å². The molecule has 0 atom stereocenters. The zero-order chi connectivity index (χ0) is 16.1. The minimum atomic E-state index is -1.05. The molecule has 0 aliphatic rings. The van der Waals surface area contributed by atoms with Crippen LogP contribution in [0.3, 0.4) is 0 Å². The molecule has 0 amide bonds. The Kier molecular flexibility index (Phi) is 4.99. The number of aromatic nitrogens is 1. The summed E-state index contributed by atoms with van der Waals surface area (Å²) >= 11 is 0. The molecule has 0 aliphatic carbocycles. The number of aromatic carboxylic acids is 1. The van der Waals surface area contributed by atoms with Gasteiger partial charge < -0.3 is 14.4 Å². The van der Waals surface area contributed by atoms with Gasteiger partial charge in [0.15, 0.2) is 6.29 Å². The van der Waals surface area contributed by atoms with Gasteiger partial charge in [-0.25, -0.2) is 4.79 Å². The summed E-state index contributed by atoms with van der Waals surface area (Å²) in [7, 11) is 0. The summed E-state index contributed by atoms with van der Waals surface area (Å²) in [5.41, 5.74) is 2.05. The van der Waals surface area contributed by atoms with Gasteiger partial charge in [0, 0.05) is 12.1 Å². The molecule has 0 unspecified atom stereocenters. The Balaban J connectivity index is 2.30. The molecule has 0 radical (unpaired) electrons. The molecule has 116 valence electrons. The van der Waals surface area contributed by atoms with E-state index in [2.05, 4.69) is 0 Å². The number of aryl methyl sites for hydroxylation is 1. The van der Waals surface area contributed by atoms with Crippen LogP contribution in [0.1, 0.15) is 45.4 Å². The Morgan fingerprint density at radius 2 is 2.14 bits per heavy atom. The Hall–Kier alpha value is -2.56. The van der Waals surface area contributed by atoms with E-state index in [1.165, 1.54) is 4.57 Å². The Morgan fingerprint density at radius 3 is 2.73 bits per heavy atom. The summed E-state index contributed by atoms with van der Waals surface area (Å²) < 4.78 is 7.19. The Labute approximate surface area is 129 Å². The van der Waals surface area contributed by atoms with E-state index in [0.717, 1.165) is 12.0 Å². The second kappa shape index (κ2) is 6.93. The number of hydrogen-bond acceptors (Lipinski definition) is 3. The summed E-state index contributed by atoms with van der Waals surface area (Å²) in [6.45, 7) is 4.49. The quantitative estimate of drug-likeness (QED) is 0.797. The van der Waals surface area contributed by atoms with E-state index in [1.54, 1.807) is 6.07 Å². The molecule has 0 saturated heterocycles. The SMILES string of the molecule is CCCn1c(C=O)cc(COc2cccc(C)c2)c1C(=O)O. The number of rotatable bonds is 7. The molecule has 1 aromatic heterocycles. The van der Waals surface area contributed by atoms with E-state index >= 15 is 0 Å². The summed E-state index contributed by atoms with van der Waals surface area (Å²) in [6.07, 6.45) is 1.42. The van der Waals surface area contributed by atoms with E-state index in [1.807, 2.05) is 38.1 Å². The van der Waals surface area contributed by atoms with Gasteiger partial charge in [0.1, 0.15) is 18.1 Å². The third-order valence-corrected chi connectivity index (χ3v) is 3.36. The van der Waals surface area contributed by atoms with Crippen LogP contribution in [0, 0.1) is 6.92 Å². The second-order valence-corrected chi connectivity index (χ2v) is 5.12. The van der Waals surface area contributed by atoms with Gasteiger partial charge in [-0.1, -0.05) is 19.1 Å². The zero-order valence-corrected chi connectivity index (χ0v) is 12.7. The maximum Gasteiger partial charge on any atom is 0.352 e. The molecule has 5 heteroatoms. The van der Waals surface area contributed by atoms with E-state index in [-0.39, 0.29) is 12.3 Å². The molecule has 5 nitrogen and oxygen atoms in total. The highest BCUT2D eigenvalue weighted by Crippen LogP contribution is 2.20. The minimum absolute atomic E-state index is 0.114. The fourth-order valence-corrected chi connectivity index (χ4v) is 2.42. The van der Waals surface area contributed by atoms with Crippen LogP contribution >= 0.6 is 0 Å². The van der Waals surface area contributed by atoms with Crippen molar-refractivity contribution in [1.29, 1.82) is 0 Å². The third-order valence-electron chi connectivity index (χ3n) is 3.36. The highest BCUT2D eigenvalue weighted by molar-refractivity contribution is 5.90. The van der Waals surface area contributed by atoms with Crippen LogP contribution in [0.25, 0.3) is 0 Å². The van der Waals surface area contributed by atoms with E-state index < -0.39 is 5.97 Å². The number of hydrogen-bond donors (Lipinski definition) is 1. The van der Waals surface area contributed by atoms with E-state index in [9.17, 15) is 14.7 Å². The smallest absolute Gasteiger partial charge is 0.352 e. The molecular weight excluding hydrogens is 282 g/mol. The first-order valence-corrected chi connectivity index (χ1v) is 7.17. The lowest BCUT2D eigenvalue weighted by Gasteiger charge is -2.09. The molecule has 22 heavy (non-hydrogen) atoms. The second-order valence-electron chi connectivity index (χ2n) is 5.12. The number of carbonyl (C=O) groups excluding carboxylic acids is 1. The van der Waals surface area contributed by atoms with Crippen molar-refractivity contribution in [3.05, 3.63) is 52.8 Å². The van der Waals surface area contributed by atoms with Gasteiger partial charge in [-0.3, -0.25) is 4.79 Å². The number of nitrogens with zero attached hydrogens (tertiary/aromatic N) is 1. The standard InChI is InChI=1S/C17H19NO4/c1-3-7-18-14(10-19)9-13(16(18)17(20)21)11-22-15-6-4-5-12(2)8-15/h4-6,8-10H,3,7,11H2,1-2H3,(H,20,21). The van der Waals surface area contributed by atoms with Crippen LogP contribution in [-0.2, 0) is 13.2 Å². The fraction of sp³-hybridized carbons (Fsp3) is 0.294. The molecule has 0 bridgehead atoms. The maximum atomic E-state index is 11.5. The van der Waals surface area contributed by atoms with E-state index in [4.69, 9.17) is 4.74 Å². The first-order chi connectivity index (χ1) is 10.6. The van der Waals surface area contributed by atoms with Gasteiger partial charge in [-0.2, -0.15) is 0 Å². The van der Waals surface area contributed by atoms with Crippen LogP contribution in [0.2, 0.25) is 0 Å². The fourth-order valence-electron chi connectivity index (χ4n) is 2.42. The summed E-state index contributed by atoms with van der Waals surface area (Å²) in [4.78, 5) is 22.7. The number of carbonyl (C=O) groups is 2. The summed E-state index contributed by atoms with van der Waals surface area (Å²) in [5.74, 6) is -0.378. The number of carboxylic acid groups (broad SMARTS) is 1. The summed E-state index contributed by atoms with van der Waals surface area (Å²) in [5, 5.41) is 9.43. The van der Waals surface area contributed by atoms with Gasteiger partial charge in [0.2, 0.25) is 0 Å². The molecule has 2 rings (SSSR count). The molecule has 0 spiro atoms. The predicted molar refractivity (Wildman–Crippen MR) is 82.6 cm³/mol. The molecule has 0 fully saturated rings. The molecule has 0 aliphatic heterocycles. The number of aldehydes is 1. The monoisotopic (exact) mass is 301 g/mol. The number of ether oxygens (including phenoxy) is 1. The first kappa shape index (κ1) is 15.8. The molecule has 2 aromatic rings. The Morgan fingerprint density at radius 1 is 1.36 bits per heavy atom. The lowest BCUT2D eigenvalue weighted by Crippen LogP contribution is -2.13. The Bertz CT molecular complexity index is 688. The van der Waals surface area contributed by atoms with Gasteiger partial charge in [0.05, 0.1) is 5.69 Å². The van der Waals surface area contributed by atoms with Gasteiger partial charge >= 0.3 is 5.97 Å². The predicted octanol–water partition coefficient (Wildman–Crippen LogP) is 3.30. The molecule has 1 aromatic carbocycles. The normalized spacial score (nSPS) is 10.5. The van der Waals surface area contributed by atoms with Crippen LogP contribution in [-0.4, -0.2) is 21.9 Å². The molecular formula is C17H19NO4. The lowest BCUT2D eigenvalue weighted by molar-refractivity contribution is 0.0681. The lowest BCUT2D eigenvalue weighted by atomic mass is 10.2. The average Bonchev–Trinajstić information content (AvgIpc) is 2.83. The first-order valence-electron chi connectivity index (χ1n) is 7.17. The van der Waals surface area contributed by atoms with Crippen molar-refractivity contribution in [2.75, 3.05) is 0 Å². The molecule has 1 N–H and O–H groups in total. The van der Waals surface area contributed by atoms with Crippen LogP contribution in [0.4, 0.5) is 0 Å². The van der Waals surface area contributed by atoms with Crippen LogP contribution in [0.15, 0.2) is 30.3 Å². The van der Waals surface area contributed by atoms with Crippen LogP contribution < -0.4 is 4.74 Å². The highest BCUT2D eigenvalue weighted by Gasteiger charge is 2.20. The van der Waals surface area contributed by atoms with Gasteiger partial charge in [-0.15, -0.1) is 0 Å². The summed E-state index contributed by atoms with van der Waals surface area (Å²) in [6, 6.07) is 9.11.